The van der Waals surface area contributed by atoms with Gasteiger partial charge in [-0.1, -0.05) is 34.1 Å². The molecule has 0 aromatic heterocycles. The summed E-state index contributed by atoms with van der Waals surface area (Å²) in [7, 11) is 1.60. The van der Waals surface area contributed by atoms with Crippen molar-refractivity contribution in [2.45, 2.75) is 6.54 Å². The summed E-state index contributed by atoms with van der Waals surface area (Å²) in [5.74, 6) is 0. The Labute approximate surface area is 115 Å². The van der Waals surface area contributed by atoms with E-state index >= 15 is 0 Å². The SMILES string of the molecule is COCCOCNC(=O)NCc1ccccc1Br. The van der Waals surface area contributed by atoms with E-state index in [1.165, 1.54) is 0 Å². The Morgan fingerprint density at radius 2 is 2.06 bits per heavy atom. The number of hydrogen-bond donors (Lipinski definition) is 2. The van der Waals surface area contributed by atoms with Gasteiger partial charge in [-0.05, 0) is 11.6 Å². The molecule has 6 heteroatoms. The molecule has 0 heterocycles. The van der Waals surface area contributed by atoms with Crippen LogP contribution in [0.5, 0.6) is 0 Å². The summed E-state index contributed by atoms with van der Waals surface area (Å²) in [6.45, 7) is 1.61. The van der Waals surface area contributed by atoms with Crippen molar-refractivity contribution in [3.63, 3.8) is 0 Å². The third kappa shape index (κ3) is 6.00. The van der Waals surface area contributed by atoms with Crippen molar-refractivity contribution in [2.75, 3.05) is 27.1 Å². The maximum atomic E-state index is 11.4. The first-order valence-corrected chi connectivity index (χ1v) is 6.35. The number of benzene rings is 1. The van der Waals surface area contributed by atoms with Crippen LogP contribution in [-0.2, 0) is 16.0 Å². The summed E-state index contributed by atoms with van der Waals surface area (Å²) in [5, 5.41) is 5.33. The molecule has 0 radical (unpaired) electrons. The number of ether oxygens (including phenoxy) is 2. The lowest BCUT2D eigenvalue weighted by molar-refractivity contribution is 0.0642. The van der Waals surface area contributed by atoms with Crippen molar-refractivity contribution >= 4 is 22.0 Å². The van der Waals surface area contributed by atoms with Gasteiger partial charge in [0.1, 0.15) is 6.73 Å². The van der Waals surface area contributed by atoms with Crippen LogP contribution in [0.2, 0.25) is 0 Å². The fraction of sp³-hybridized carbons (Fsp3) is 0.417. The highest BCUT2D eigenvalue weighted by molar-refractivity contribution is 9.10. The molecule has 0 unspecified atom stereocenters. The zero-order valence-corrected chi connectivity index (χ0v) is 11.8. The molecule has 0 aliphatic heterocycles. The van der Waals surface area contributed by atoms with Crippen molar-refractivity contribution in [3.05, 3.63) is 34.3 Å². The van der Waals surface area contributed by atoms with Crippen molar-refractivity contribution in [1.29, 1.82) is 0 Å². The standard InChI is InChI=1S/C12H17BrN2O3/c1-17-6-7-18-9-15-12(16)14-8-10-4-2-3-5-11(10)13/h2-5H,6-9H2,1H3,(H2,14,15,16). The van der Waals surface area contributed by atoms with Gasteiger partial charge in [-0.15, -0.1) is 0 Å². The summed E-state index contributed by atoms with van der Waals surface area (Å²) < 4.78 is 10.9. The molecule has 1 aromatic carbocycles. The molecule has 0 atom stereocenters. The first-order valence-electron chi connectivity index (χ1n) is 5.56. The molecule has 18 heavy (non-hydrogen) atoms. The highest BCUT2D eigenvalue weighted by atomic mass is 79.9. The van der Waals surface area contributed by atoms with Crippen molar-refractivity contribution in [2.24, 2.45) is 0 Å². The Morgan fingerprint density at radius 1 is 1.28 bits per heavy atom. The Balaban J connectivity index is 2.15. The molecule has 1 rings (SSSR count). The van der Waals surface area contributed by atoms with Crippen LogP contribution in [0, 0.1) is 0 Å². The van der Waals surface area contributed by atoms with Gasteiger partial charge in [0.25, 0.3) is 0 Å². The smallest absolute Gasteiger partial charge is 0.316 e. The molecule has 2 N–H and O–H groups in total. The monoisotopic (exact) mass is 316 g/mol. The average molecular weight is 317 g/mol. The summed E-state index contributed by atoms with van der Waals surface area (Å²) >= 11 is 3.42. The molecule has 2 amide bonds. The van der Waals surface area contributed by atoms with Gasteiger partial charge in [0, 0.05) is 18.1 Å². The van der Waals surface area contributed by atoms with Crippen LogP contribution < -0.4 is 10.6 Å². The molecule has 0 aliphatic carbocycles. The second-order valence-electron chi connectivity index (χ2n) is 3.50. The van der Waals surface area contributed by atoms with Crippen molar-refractivity contribution < 1.29 is 14.3 Å². The number of carbonyl (C=O) groups is 1. The van der Waals surface area contributed by atoms with Crippen LogP contribution in [0.1, 0.15) is 5.56 Å². The molecule has 0 bridgehead atoms. The highest BCUT2D eigenvalue weighted by Crippen LogP contribution is 2.14. The predicted octanol–water partition coefficient (Wildman–Crippen LogP) is 1.87. The summed E-state index contributed by atoms with van der Waals surface area (Å²) in [6, 6.07) is 7.47. The van der Waals surface area contributed by atoms with Gasteiger partial charge in [0.15, 0.2) is 0 Å². The zero-order valence-electron chi connectivity index (χ0n) is 10.2. The molecule has 5 nitrogen and oxygen atoms in total. The first-order chi connectivity index (χ1) is 8.74. The van der Waals surface area contributed by atoms with E-state index in [9.17, 15) is 4.79 Å². The van der Waals surface area contributed by atoms with Gasteiger partial charge < -0.3 is 20.1 Å². The number of halogens is 1. The van der Waals surface area contributed by atoms with Crippen LogP contribution in [0.3, 0.4) is 0 Å². The lowest BCUT2D eigenvalue weighted by atomic mass is 10.2. The van der Waals surface area contributed by atoms with E-state index < -0.39 is 0 Å². The van der Waals surface area contributed by atoms with Crippen LogP contribution in [0.15, 0.2) is 28.7 Å². The lowest BCUT2D eigenvalue weighted by Crippen LogP contribution is -2.36. The second-order valence-corrected chi connectivity index (χ2v) is 4.35. The summed E-state index contributed by atoms with van der Waals surface area (Å²) in [5.41, 5.74) is 1.02. The van der Waals surface area contributed by atoms with Gasteiger partial charge in [-0.25, -0.2) is 4.79 Å². The topological polar surface area (TPSA) is 59.6 Å². The predicted molar refractivity (Wildman–Crippen MR) is 72.2 cm³/mol. The average Bonchev–Trinajstić information content (AvgIpc) is 2.37. The zero-order chi connectivity index (χ0) is 13.2. The Kier molecular flexibility index (Phi) is 7.40. The lowest BCUT2D eigenvalue weighted by Gasteiger charge is -2.09. The molecule has 0 saturated carbocycles. The van der Waals surface area contributed by atoms with E-state index in [4.69, 9.17) is 9.47 Å². The minimum atomic E-state index is -0.261. The number of rotatable bonds is 7. The first kappa shape index (κ1) is 14.9. The van der Waals surface area contributed by atoms with E-state index in [2.05, 4.69) is 26.6 Å². The van der Waals surface area contributed by atoms with E-state index in [1.807, 2.05) is 24.3 Å². The van der Waals surface area contributed by atoms with Gasteiger partial charge >= 0.3 is 6.03 Å². The summed E-state index contributed by atoms with van der Waals surface area (Å²) in [6.07, 6.45) is 0. The number of methoxy groups -OCH3 is 1. The van der Waals surface area contributed by atoms with Gasteiger partial charge in [0.05, 0.1) is 13.2 Å². The fourth-order valence-corrected chi connectivity index (χ4v) is 1.64. The fourth-order valence-electron chi connectivity index (χ4n) is 1.21. The normalized spacial score (nSPS) is 10.1. The molecule has 1 aromatic rings. The number of amides is 2. The van der Waals surface area contributed by atoms with Gasteiger partial charge in [0.2, 0.25) is 0 Å². The number of urea groups is 1. The van der Waals surface area contributed by atoms with E-state index in [1.54, 1.807) is 7.11 Å². The van der Waals surface area contributed by atoms with E-state index in [0.717, 1.165) is 10.0 Å². The second kappa shape index (κ2) is 8.91. The third-order valence-electron chi connectivity index (χ3n) is 2.16. The number of nitrogens with one attached hydrogen (secondary N) is 2. The van der Waals surface area contributed by atoms with Crippen LogP contribution in [-0.4, -0.2) is 33.1 Å². The van der Waals surface area contributed by atoms with Crippen molar-refractivity contribution in [1.82, 2.24) is 10.6 Å². The van der Waals surface area contributed by atoms with E-state index in [0.29, 0.717) is 19.8 Å². The molecule has 0 saturated heterocycles. The quantitative estimate of drug-likeness (QED) is 0.596. The molecule has 100 valence electrons. The largest absolute Gasteiger partial charge is 0.382 e. The van der Waals surface area contributed by atoms with Gasteiger partial charge in [-0.3, -0.25) is 0 Å². The van der Waals surface area contributed by atoms with Crippen molar-refractivity contribution in [3.8, 4) is 0 Å². The summed E-state index contributed by atoms with van der Waals surface area (Å²) in [4.78, 5) is 11.4. The Hall–Kier alpha value is -1.11. The van der Waals surface area contributed by atoms with E-state index in [-0.39, 0.29) is 12.8 Å². The molecular weight excluding hydrogens is 300 g/mol. The molecule has 0 spiro atoms. The maximum absolute atomic E-state index is 11.4. The minimum absolute atomic E-state index is 0.172. The minimum Gasteiger partial charge on any atom is -0.382 e. The van der Waals surface area contributed by atoms with Crippen LogP contribution in [0.4, 0.5) is 4.79 Å². The Bertz CT molecular complexity index is 374. The Morgan fingerprint density at radius 3 is 2.78 bits per heavy atom. The number of carbonyl (C=O) groups excluding carboxylic acids is 1. The molecule has 0 aliphatic rings. The highest BCUT2D eigenvalue weighted by Gasteiger charge is 2.02. The number of hydrogen-bond acceptors (Lipinski definition) is 3. The molecule has 0 fully saturated rings. The van der Waals surface area contributed by atoms with Crippen LogP contribution in [0.25, 0.3) is 0 Å². The molecular formula is C12H17BrN2O3. The maximum Gasteiger partial charge on any atom is 0.316 e. The van der Waals surface area contributed by atoms with Gasteiger partial charge in [-0.2, -0.15) is 0 Å². The third-order valence-corrected chi connectivity index (χ3v) is 2.94. The van der Waals surface area contributed by atoms with Crippen LogP contribution >= 0.6 is 15.9 Å².